The molecule has 1 atom stereocenters. The van der Waals surface area contributed by atoms with E-state index >= 15 is 0 Å². The second-order valence-electron chi connectivity index (χ2n) is 11.1. The van der Waals surface area contributed by atoms with Crippen molar-refractivity contribution in [2.75, 3.05) is 10.8 Å². The van der Waals surface area contributed by atoms with Crippen molar-refractivity contribution in [3.05, 3.63) is 131 Å². The van der Waals surface area contributed by atoms with Crippen LogP contribution in [0.3, 0.4) is 0 Å². The minimum absolute atomic E-state index is 0.00714. The van der Waals surface area contributed by atoms with Crippen LogP contribution in [0.1, 0.15) is 36.8 Å². The Bertz CT molecular complexity index is 1700. The van der Waals surface area contributed by atoms with Gasteiger partial charge >= 0.3 is 0 Å². The zero-order valence-electron chi connectivity index (χ0n) is 24.7. The molecule has 0 aliphatic heterocycles. The number of para-hydroxylation sites is 1. The fourth-order valence-corrected chi connectivity index (χ4v) is 7.20. The lowest BCUT2D eigenvalue weighted by Crippen LogP contribution is -2.54. The normalized spacial score (nSPS) is 14.1. The van der Waals surface area contributed by atoms with Crippen LogP contribution in [0.5, 0.6) is 0 Å². The first-order valence-corrected chi connectivity index (χ1v) is 16.7. The zero-order chi connectivity index (χ0) is 31.8. The van der Waals surface area contributed by atoms with Gasteiger partial charge in [-0.15, -0.1) is 0 Å². The van der Waals surface area contributed by atoms with E-state index in [0.717, 1.165) is 47.7 Å². The van der Waals surface area contributed by atoms with Gasteiger partial charge < -0.3 is 10.2 Å². The first kappa shape index (κ1) is 32.2. The van der Waals surface area contributed by atoms with Crippen LogP contribution < -0.4 is 9.62 Å². The molecule has 234 valence electrons. The summed E-state index contributed by atoms with van der Waals surface area (Å²) in [5, 5.41) is 3.57. The Morgan fingerprint density at radius 3 is 2.09 bits per heavy atom. The molecule has 4 aromatic rings. The minimum Gasteiger partial charge on any atom is -0.352 e. The SMILES string of the molecule is O=C(NC1CCCC1)[C@H](Cc1ccccc1)N(Cc1ccccc1Cl)C(=O)CN(c1ccccc1)S(=O)(=O)c1ccc(F)cc1. The van der Waals surface area contributed by atoms with Crippen molar-refractivity contribution in [3.8, 4) is 0 Å². The number of sulfonamides is 1. The molecule has 5 rings (SSSR count). The first-order chi connectivity index (χ1) is 21.7. The van der Waals surface area contributed by atoms with Gasteiger partial charge in [-0.25, -0.2) is 12.8 Å². The Kier molecular flexibility index (Phi) is 10.5. The van der Waals surface area contributed by atoms with Crippen LogP contribution in [-0.2, 0) is 32.6 Å². The van der Waals surface area contributed by atoms with Crippen LogP contribution in [0.4, 0.5) is 10.1 Å². The largest absolute Gasteiger partial charge is 0.352 e. The fraction of sp³-hybridized carbons (Fsp3) is 0.257. The van der Waals surface area contributed by atoms with E-state index in [1.807, 2.05) is 30.3 Å². The molecule has 0 bridgehead atoms. The summed E-state index contributed by atoms with van der Waals surface area (Å²) in [5.41, 5.74) is 1.72. The van der Waals surface area contributed by atoms with Gasteiger partial charge in [0.25, 0.3) is 10.0 Å². The lowest BCUT2D eigenvalue weighted by molar-refractivity contribution is -0.140. The third-order valence-corrected chi connectivity index (χ3v) is 10.2. The Hall–Kier alpha value is -4.21. The lowest BCUT2D eigenvalue weighted by atomic mass is 10.0. The number of amides is 2. The van der Waals surface area contributed by atoms with Crippen LogP contribution in [0.25, 0.3) is 0 Å². The molecule has 7 nitrogen and oxygen atoms in total. The number of carbonyl (C=O) groups is 2. The van der Waals surface area contributed by atoms with Crippen molar-refractivity contribution in [1.29, 1.82) is 0 Å². The number of nitrogens with zero attached hydrogens (tertiary/aromatic N) is 2. The van der Waals surface area contributed by atoms with Crippen LogP contribution in [-0.4, -0.2) is 43.8 Å². The quantitative estimate of drug-likeness (QED) is 0.194. The molecule has 0 spiro atoms. The van der Waals surface area contributed by atoms with Crippen molar-refractivity contribution in [2.24, 2.45) is 0 Å². The lowest BCUT2D eigenvalue weighted by Gasteiger charge is -2.34. The molecule has 0 heterocycles. The molecule has 0 radical (unpaired) electrons. The van der Waals surface area contributed by atoms with E-state index < -0.39 is 34.3 Å². The second kappa shape index (κ2) is 14.7. The highest BCUT2D eigenvalue weighted by atomic mass is 35.5. The molecule has 2 amide bonds. The average Bonchev–Trinajstić information content (AvgIpc) is 3.56. The van der Waals surface area contributed by atoms with Gasteiger partial charge in [0.1, 0.15) is 18.4 Å². The van der Waals surface area contributed by atoms with Gasteiger partial charge in [0.2, 0.25) is 11.8 Å². The van der Waals surface area contributed by atoms with Gasteiger partial charge in [-0.1, -0.05) is 91.2 Å². The zero-order valence-corrected chi connectivity index (χ0v) is 26.3. The summed E-state index contributed by atoms with van der Waals surface area (Å²) in [6, 6.07) is 28.2. The third-order valence-electron chi connectivity index (χ3n) is 8.00. The molecule has 45 heavy (non-hydrogen) atoms. The highest BCUT2D eigenvalue weighted by Gasteiger charge is 2.35. The highest BCUT2D eigenvalue weighted by molar-refractivity contribution is 7.92. The molecule has 1 aliphatic carbocycles. The molecule has 4 aromatic carbocycles. The van der Waals surface area contributed by atoms with Crippen molar-refractivity contribution in [2.45, 2.75) is 55.6 Å². The smallest absolute Gasteiger partial charge is 0.264 e. The van der Waals surface area contributed by atoms with E-state index in [2.05, 4.69) is 5.32 Å². The summed E-state index contributed by atoms with van der Waals surface area (Å²) in [7, 11) is -4.31. The maximum atomic E-state index is 14.5. The summed E-state index contributed by atoms with van der Waals surface area (Å²) in [6.45, 7) is -0.622. The highest BCUT2D eigenvalue weighted by Crippen LogP contribution is 2.26. The minimum atomic E-state index is -4.31. The molecule has 1 saturated carbocycles. The average molecular weight is 648 g/mol. The Morgan fingerprint density at radius 2 is 1.44 bits per heavy atom. The van der Waals surface area contributed by atoms with E-state index in [9.17, 15) is 22.4 Å². The molecule has 0 aromatic heterocycles. The van der Waals surface area contributed by atoms with E-state index in [1.54, 1.807) is 54.6 Å². The number of anilines is 1. The molecule has 1 fully saturated rings. The van der Waals surface area contributed by atoms with E-state index in [4.69, 9.17) is 11.6 Å². The van der Waals surface area contributed by atoms with Gasteiger partial charge in [0, 0.05) is 24.0 Å². The molecule has 10 heteroatoms. The monoisotopic (exact) mass is 647 g/mol. The summed E-state index contributed by atoms with van der Waals surface area (Å²) in [5.74, 6) is -1.48. The number of hydrogen-bond acceptors (Lipinski definition) is 4. The Morgan fingerprint density at radius 1 is 0.844 bits per heavy atom. The van der Waals surface area contributed by atoms with Gasteiger partial charge in [-0.05, 0) is 66.4 Å². The molecule has 0 saturated heterocycles. The van der Waals surface area contributed by atoms with Crippen LogP contribution >= 0.6 is 11.6 Å². The summed E-state index contributed by atoms with van der Waals surface area (Å²) in [6.07, 6.45) is 3.97. The van der Waals surface area contributed by atoms with E-state index in [0.29, 0.717) is 10.6 Å². The molecule has 1 aliphatic rings. The van der Waals surface area contributed by atoms with Crippen molar-refractivity contribution < 1.29 is 22.4 Å². The van der Waals surface area contributed by atoms with Crippen LogP contribution in [0.15, 0.2) is 114 Å². The standard InChI is InChI=1S/C35H35ClFN3O4S/c36-32-18-10-7-13-27(32)24-39(33(23-26-11-3-1-4-12-26)35(42)38-29-14-8-9-15-29)34(41)25-40(30-16-5-2-6-17-30)45(43,44)31-21-19-28(37)20-22-31/h1-7,10-13,16-22,29,33H,8-9,14-15,23-25H2,(H,38,42)/t33-/m0/s1. The third kappa shape index (κ3) is 8.09. The maximum Gasteiger partial charge on any atom is 0.264 e. The molecule has 1 N–H and O–H groups in total. The number of benzene rings is 4. The van der Waals surface area contributed by atoms with E-state index in [-0.39, 0.29) is 35.5 Å². The number of nitrogens with one attached hydrogen (secondary N) is 1. The number of halogens is 2. The predicted octanol–water partition coefficient (Wildman–Crippen LogP) is 6.37. The topological polar surface area (TPSA) is 86.8 Å². The number of rotatable bonds is 12. The summed E-state index contributed by atoms with van der Waals surface area (Å²) < 4.78 is 42.7. The van der Waals surface area contributed by atoms with Crippen molar-refractivity contribution in [3.63, 3.8) is 0 Å². The molecular formula is C35H35ClFN3O4S. The first-order valence-electron chi connectivity index (χ1n) is 14.9. The predicted molar refractivity (Wildman–Crippen MR) is 174 cm³/mol. The Labute approximate surface area is 268 Å². The summed E-state index contributed by atoms with van der Waals surface area (Å²) in [4.78, 5) is 29.8. The van der Waals surface area contributed by atoms with Crippen LogP contribution in [0.2, 0.25) is 5.02 Å². The van der Waals surface area contributed by atoms with Crippen molar-refractivity contribution in [1.82, 2.24) is 10.2 Å². The summed E-state index contributed by atoms with van der Waals surface area (Å²) >= 11 is 6.55. The van der Waals surface area contributed by atoms with Gasteiger partial charge in [0.15, 0.2) is 0 Å². The molecule has 0 unspecified atom stereocenters. The van der Waals surface area contributed by atoms with Gasteiger partial charge in [0.05, 0.1) is 10.6 Å². The van der Waals surface area contributed by atoms with Crippen molar-refractivity contribution >= 4 is 39.1 Å². The maximum absolute atomic E-state index is 14.5. The van der Waals surface area contributed by atoms with Gasteiger partial charge in [-0.3, -0.25) is 13.9 Å². The molecular weight excluding hydrogens is 613 g/mol. The van der Waals surface area contributed by atoms with Gasteiger partial charge in [-0.2, -0.15) is 0 Å². The second-order valence-corrected chi connectivity index (χ2v) is 13.4. The van der Waals surface area contributed by atoms with E-state index in [1.165, 1.54) is 17.0 Å². The Balaban J connectivity index is 1.56. The fourth-order valence-electron chi connectivity index (χ4n) is 5.59. The van der Waals surface area contributed by atoms with Crippen LogP contribution in [0, 0.1) is 5.82 Å². The number of hydrogen-bond donors (Lipinski definition) is 1. The number of carbonyl (C=O) groups excluding carboxylic acids is 2.